The molecular formula is C23H25BrFN3O2. The third kappa shape index (κ3) is 3.53. The average Bonchev–Trinajstić information content (AvgIpc) is 3.01. The molecule has 3 aromatic rings. The van der Waals surface area contributed by atoms with Crippen LogP contribution in [0.25, 0.3) is 10.9 Å². The highest BCUT2D eigenvalue weighted by atomic mass is 79.9. The van der Waals surface area contributed by atoms with E-state index in [1.165, 1.54) is 6.07 Å². The van der Waals surface area contributed by atoms with Crippen LogP contribution in [0.2, 0.25) is 0 Å². The maximum atomic E-state index is 14.9. The number of aryl methyl sites for hydroxylation is 2. The Bertz CT molecular complexity index is 1180. The van der Waals surface area contributed by atoms with E-state index < -0.39 is 11.8 Å². The van der Waals surface area contributed by atoms with E-state index in [4.69, 9.17) is 4.74 Å². The zero-order valence-corrected chi connectivity index (χ0v) is 19.5. The molecule has 0 saturated heterocycles. The maximum absolute atomic E-state index is 14.9. The molecule has 0 fully saturated rings. The van der Waals surface area contributed by atoms with Gasteiger partial charge in [-0.1, -0.05) is 20.8 Å². The molecule has 1 aromatic carbocycles. The van der Waals surface area contributed by atoms with Gasteiger partial charge in [0.1, 0.15) is 27.3 Å². The Balaban J connectivity index is 1.86. The molecule has 1 aliphatic heterocycles. The summed E-state index contributed by atoms with van der Waals surface area (Å²) in [5.74, 6) is -0.543. The molecule has 0 atom stereocenters. The van der Waals surface area contributed by atoms with Crippen molar-refractivity contribution in [2.75, 3.05) is 0 Å². The number of carbonyl (C=O) groups excluding carboxylic acids is 1. The fraction of sp³-hybridized carbons (Fsp3) is 0.435. The third-order valence-electron chi connectivity index (χ3n) is 5.78. The number of halogens is 2. The van der Waals surface area contributed by atoms with Gasteiger partial charge in [0.2, 0.25) is 0 Å². The summed E-state index contributed by atoms with van der Waals surface area (Å²) >= 11 is 3.42. The Morgan fingerprint density at radius 3 is 2.67 bits per heavy atom. The van der Waals surface area contributed by atoms with E-state index in [0.717, 1.165) is 42.6 Å². The second-order valence-corrected chi connectivity index (χ2v) is 9.69. The van der Waals surface area contributed by atoms with Crippen LogP contribution >= 0.6 is 15.9 Å². The second-order valence-electron chi connectivity index (χ2n) is 8.94. The molecular weight excluding hydrogens is 449 g/mol. The topological polar surface area (TPSA) is 57.0 Å². The van der Waals surface area contributed by atoms with Crippen LogP contribution in [-0.4, -0.2) is 20.7 Å². The summed E-state index contributed by atoms with van der Waals surface area (Å²) in [6, 6.07) is 3.39. The van der Waals surface area contributed by atoms with E-state index in [0.29, 0.717) is 27.0 Å². The van der Waals surface area contributed by atoms with Crippen molar-refractivity contribution in [1.82, 2.24) is 14.8 Å². The fourth-order valence-corrected chi connectivity index (χ4v) is 4.45. The number of fused-ring (bicyclic) bond motifs is 2. The molecule has 0 bridgehead atoms. The van der Waals surface area contributed by atoms with Gasteiger partial charge in [-0.05, 0) is 72.2 Å². The van der Waals surface area contributed by atoms with Crippen molar-refractivity contribution in [1.29, 1.82) is 0 Å². The largest absolute Gasteiger partial charge is 0.422 e. The zero-order chi connectivity index (χ0) is 21.8. The number of hydrogen-bond acceptors (Lipinski definition) is 4. The van der Waals surface area contributed by atoms with Gasteiger partial charge >= 0.3 is 5.97 Å². The van der Waals surface area contributed by atoms with Crippen LogP contribution in [0, 0.1) is 19.7 Å². The minimum Gasteiger partial charge on any atom is -0.422 e. The molecule has 0 spiro atoms. The summed E-state index contributed by atoms with van der Waals surface area (Å²) in [7, 11) is 0. The van der Waals surface area contributed by atoms with Gasteiger partial charge in [0.25, 0.3) is 0 Å². The molecule has 3 heterocycles. The number of ether oxygens (including phenoxy) is 1. The Morgan fingerprint density at radius 2 is 1.97 bits per heavy atom. The monoisotopic (exact) mass is 473 g/mol. The van der Waals surface area contributed by atoms with E-state index in [1.807, 2.05) is 38.4 Å². The summed E-state index contributed by atoms with van der Waals surface area (Å²) in [6.07, 6.45) is 2.83. The first-order valence-corrected chi connectivity index (χ1v) is 11.0. The first kappa shape index (κ1) is 21.0. The fourth-order valence-electron chi connectivity index (χ4n) is 3.87. The Labute approximate surface area is 183 Å². The molecule has 0 aliphatic carbocycles. The number of benzene rings is 1. The van der Waals surface area contributed by atoms with Crippen LogP contribution in [0.15, 0.2) is 16.7 Å². The van der Waals surface area contributed by atoms with Gasteiger partial charge in [0, 0.05) is 23.2 Å². The van der Waals surface area contributed by atoms with Crippen LogP contribution in [-0.2, 0) is 18.4 Å². The molecule has 0 unspecified atom stereocenters. The minimum absolute atomic E-state index is 0.213. The second kappa shape index (κ2) is 7.45. The van der Waals surface area contributed by atoms with E-state index in [1.54, 1.807) is 6.92 Å². The molecule has 5 nitrogen and oxygen atoms in total. The van der Waals surface area contributed by atoms with Crippen LogP contribution in [0.1, 0.15) is 66.5 Å². The predicted octanol–water partition coefficient (Wildman–Crippen LogP) is 5.80. The van der Waals surface area contributed by atoms with Gasteiger partial charge in [-0.15, -0.1) is 0 Å². The van der Waals surface area contributed by atoms with E-state index in [-0.39, 0.29) is 10.9 Å². The maximum Gasteiger partial charge on any atom is 0.348 e. The number of esters is 1. The number of hydrogen-bond donors (Lipinski definition) is 0. The van der Waals surface area contributed by atoms with Gasteiger partial charge in [-0.25, -0.2) is 14.2 Å². The molecule has 158 valence electrons. The summed E-state index contributed by atoms with van der Waals surface area (Å²) in [5, 5.41) is 4.94. The van der Waals surface area contributed by atoms with Crippen molar-refractivity contribution >= 4 is 32.8 Å². The number of carbonyl (C=O) groups is 1. The van der Waals surface area contributed by atoms with Gasteiger partial charge in [0.15, 0.2) is 0 Å². The Kier molecular flexibility index (Phi) is 5.21. The summed E-state index contributed by atoms with van der Waals surface area (Å²) in [4.78, 5) is 17.6. The van der Waals surface area contributed by atoms with Crippen LogP contribution in [0.5, 0.6) is 5.75 Å². The van der Waals surface area contributed by atoms with Crippen LogP contribution < -0.4 is 4.74 Å². The van der Waals surface area contributed by atoms with Crippen molar-refractivity contribution in [2.24, 2.45) is 0 Å². The molecule has 0 N–H and O–H groups in total. The molecule has 2 aromatic heterocycles. The number of pyridine rings is 1. The number of aromatic nitrogens is 3. The molecule has 30 heavy (non-hydrogen) atoms. The average molecular weight is 474 g/mol. The van der Waals surface area contributed by atoms with Crippen molar-refractivity contribution in [3.63, 3.8) is 0 Å². The van der Waals surface area contributed by atoms with Crippen LogP contribution in [0.4, 0.5) is 4.39 Å². The summed E-state index contributed by atoms with van der Waals surface area (Å²) in [6.45, 7) is 10.5. The first-order valence-electron chi connectivity index (χ1n) is 10.2. The summed E-state index contributed by atoms with van der Waals surface area (Å²) < 4.78 is 23.2. The normalized spacial score (nSPS) is 14.1. The highest BCUT2D eigenvalue weighted by Gasteiger charge is 2.28. The molecule has 4 rings (SSSR count). The molecule has 0 radical (unpaired) electrons. The highest BCUT2D eigenvalue weighted by molar-refractivity contribution is 9.10. The SMILES string of the molecule is Cc1nc2c(F)cc(C(C)(C)C)cc2c(OC(=O)c2c(Br)nn3c2CCCC3)c1C. The minimum atomic E-state index is -0.485. The van der Waals surface area contributed by atoms with Crippen molar-refractivity contribution < 1.29 is 13.9 Å². The van der Waals surface area contributed by atoms with Crippen LogP contribution in [0.3, 0.4) is 0 Å². The number of rotatable bonds is 2. The summed E-state index contributed by atoms with van der Waals surface area (Å²) in [5.41, 5.74) is 3.45. The van der Waals surface area contributed by atoms with Gasteiger partial charge in [0.05, 0.1) is 5.69 Å². The lowest BCUT2D eigenvalue weighted by molar-refractivity contribution is 0.0733. The quantitative estimate of drug-likeness (QED) is 0.441. The van der Waals surface area contributed by atoms with Gasteiger partial charge < -0.3 is 4.74 Å². The van der Waals surface area contributed by atoms with Crippen molar-refractivity contribution in [3.8, 4) is 5.75 Å². The Hall–Kier alpha value is -2.28. The third-order valence-corrected chi connectivity index (χ3v) is 6.34. The molecule has 0 amide bonds. The lowest BCUT2D eigenvalue weighted by Gasteiger charge is -2.21. The zero-order valence-electron chi connectivity index (χ0n) is 17.9. The number of nitrogens with zero attached hydrogens (tertiary/aromatic N) is 3. The van der Waals surface area contributed by atoms with Gasteiger partial charge in [-0.2, -0.15) is 5.10 Å². The standard InChI is InChI=1S/C23H25BrFN3O2/c1-12-13(2)26-19-15(10-14(11-16(19)25)23(3,4)5)20(12)30-22(29)18-17-8-6-7-9-28(17)27-21(18)24/h10-11H,6-9H2,1-5H3. The molecule has 7 heteroatoms. The first-order chi connectivity index (χ1) is 14.1. The smallest absolute Gasteiger partial charge is 0.348 e. The molecule has 1 aliphatic rings. The van der Waals surface area contributed by atoms with Gasteiger partial charge in [-0.3, -0.25) is 4.68 Å². The lowest BCUT2D eigenvalue weighted by atomic mass is 9.86. The van der Waals surface area contributed by atoms with E-state index >= 15 is 0 Å². The van der Waals surface area contributed by atoms with E-state index in [9.17, 15) is 9.18 Å². The van der Waals surface area contributed by atoms with Crippen molar-refractivity contribution in [2.45, 2.75) is 65.8 Å². The molecule has 0 saturated carbocycles. The highest BCUT2D eigenvalue weighted by Crippen LogP contribution is 2.36. The Morgan fingerprint density at radius 1 is 1.23 bits per heavy atom. The van der Waals surface area contributed by atoms with Crippen molar-refractivity contribution in [3.05, 3.63) is 50.6 Å². The van der Waals surface area contributed by atoms with E-state index in [2.05, 4.69) is 26.0 Å². The lowest BCUT2D eigenvalue weighted by Crippen LogP contribution is -2.17. The predicted molar refractivity (Wildman–Crippen MR) is 118 cm³/mol.